The smallest absolute Gasteiger partial charge is 0.174 e. The highest BCUT2D eigenvalue weighted by Gasteiger charge is 2.43. The first kappa shape index (κ1) is 23.5. The summed E-state index contributed by atoms with van der Waals surface area (Å²) in [5.41, 5.74) is 1.63. The van der Waals surface area contributed by atoms with Crippen LogP contribution in [0, 0.1) is 0 Å². The fourth-order valence-electron chi connectivity index (χ4n) is 4.06. The molecule has 1 saturated heterocycles. The second-order valence-corrected chi connectivity index (χ2v) is 9.65. The molecule has 2 unspecified atom stereocenters. The molecule has 4 aromatic rings. The van der Waals surface area contributed by atoms with Gasteiger partial charge in [0.1, 0.15) is 23.3 Å². The number of halogens is 1. The topological polar surface area (TPSA) is 59.8 Å². The summed E-state index contributed by atoms with van der Waals surface area (Å²) in [5, 5.41) is 5.44. The molecule has 2 aromatic heterocycles. The van der Waals surface area contributed by atoms with Gasteiger partial charge < -0.3 is 24.1 Å². The minimum atomic E-state index is -0.307. The van der Waals surface area contributed by atoms with Crippen molar-refractivity contribution in [3.05, 3.63) is 95.5 Å². The predicted molar refractivity (Wildman–Crippen MR) is 142 cm³/mol. The maximum atomic E-state index is 6.37. The first-order valence-corrected chi connectivity index (χ1v) is 12.4. The number of hydrogen-bond acceptors (Lipinski definition) is 6. The molecule has 0 amide bonds. The third-order valence-electron chi connectivity index (χ3n) is 5.67. The third-order valence-corrected chi connectivity index (χ3v) is 7.16. The Hall–Kier alpha value is -3.20. The molecule has 2 aromatic carbocycles. The van der Waals surface area contributed by atoms with Crippen molar-refractivity contribution in [2.75, 3.05) is 19.1 Å². The van der Waals surface area contributed by atoms with Gasteiger partial charge in [-0.05, 0) is 72.9 Å². The fourth-order valence-corrected chi connectivity index (χ4v) is 5.30. The molecular formula is C26H22ClN3O3S2. The Labute approximate surface area is 218 Å². The van der Waals surface area contributed by atoms with E-state index in [4.69, 9.17) is 37.7 Å². The number of nitrogens with zero attached hydrogens (tertiary/aromatic N) is 2. The monoisotopic (exact) mass is 523 g/mol. The molecule has 3 heterocycles. The first-order valence-electron chi connectivity index (χ1n) is 10.8. The zero-order valence-corrected chi connectivity index (χ0v) is 21.4. The van der Waals surface area contributed by atoms with E-state index in [2.05, 4.69) is 10.3 Å². The number of methoxy groups -OCH3 is 2. The van der Waals surface area contributed by atoms with Crippen LogP contribution >= 0.6 is 35.6 Å². The summed E-state index contributed by atoms with van der Waals surface area (Å²) in [7, 11) is 3.27. The van der Waals surface area contributed by atoms with E-state index < -0.39 is 0 Å². The third kappa shape index (κ3) is 4.82. The summed E-state index contributed by atoms with van der Waals surface area (Å²) >= 11 is 13.4. The number of rotatable bonds is 7. The number of hydrogen-bond donors (Lipinski definition) is 1. The van der Waals surface area contributed by atoms with Crippen molar-refractivity contribution in [2.24, 2.45) is 0 Å². The standard InChI is InChI=1S/C26H22ClN3O3S2/c1-31-17-8-11-21(32-2)20(15-17)30-25(24(29-26(30)34)19-5-3-4-14-28-19)22-12-13-23(33-22)35-18-9-6-16(27)7-10-18/h3-15,24-25H,1-2H3,(H,29,34). The SMILES string of the molecule is COc1ccc(OC)c(N2C(=S)NC(c3ccccn3)C2c2ccc(Sc3ccc(Cl)cc3)o2)c1. The van der Waals surface area contributed by atoms with Gasteiger partial charge in [-0.3, -0.25) is 4.98 Å². The lowest BCUT2D eigenvalue weighted by Gasteiger charge is -2.27. The van der Waals surface area contributed by atoms with Crippen LogP contribution in [0.1, 0.15) is 23.5 Å². The van der Waals surface area contributed by atoms with Gasteiger partial charge in [-0.2, -0.15) is 0 Å². The van der Waals surface area contributed by atoms with Gasteiger partial charge in [0.05, 0.1) is 31.6 Å². The van der Waals surface area contributed by atoms with E-state index in [1.807, 2.05) is 77.7 Å². The average Bonchev–Trinajstić information content (AvgIpc) is 3.49. The normalized spacial score (nSPS) is 17.3. The summed E-state index contributed by atoms with van der Waals surface area (Å²) in [6, 6.07) is 22.5. The molecule has 1 fully saturated rings. The maximum Gasteiger partial charge on any atom is 0.174 e. The van der Waals surface area contributed by atoms with Gasteiger partial charge in [0.15, 0.2) is 10.2 Å². The van der Waals surface area contributed by atoms with Gasteiger partial charge in [0, 0.05) is 22.2 Å². The second kappa shape index (κ2) is 10.2. The van der Waals surface area contributed by atoms with E-state index in [0.29, 0.717) is 21.6 Å². The van der Waals surface area contributed by atoms with Crippen LogP contribution in [0.4, 0.5) is 5.69 Å². The summed E-state index contributed by atoms with van der Waals surface area (Å²) in [6.45, 7) is 0. The molecule has 0 radical (unpaired) electrons. The Morgan fingerprint density at radius 1 is 1.03 bits per heavy atom. The van der Waals surface area contributed by atoms with Crippen molar-refractivity contribution in [3.8, 4) is 11.5 Å². The molecule has 35 heavy (non-hydrogen) atoms. The lowest BCUT2D eigenvalue weighted by molar-refractivity contribution is 0.379. The molecule has 9 heteroatoms. The van der Waals surface area contributed by atoms with Gasteiger partial charge >= 0.3 is 0 Å². The van der Waals surface area contributed by atoms with Crippen molar-refractivity contribution in [2.45, 2.75) is 22.1 Å². The summed E-state index contributed by atoms with van der Waals surface area (Å²) < 4.78 is 17.5. The van der Waals surface area contributed by atoms with Crippen molar-refractivity contribution < 1.29 is 13.9 Å². The molecule has 1 N–H and O–H groups in total. The highest BCUT2D eigenvalue weighted by atomic mass is 35.5. The molecule has 2 atom stereocenters. The van der Waals surface area contributed by atoms with Crippen molar-refractivity contribution in [1.82, 2.24) is 10.3 Å². The van der Waals surface area contributed by atoms with Gasteiger partial charge in [-0.1, -0.05) is 29.4 Å². The number of anilines is 1. The summed E-state index contributed by atoms with van der Waals surface area (Å²) in [6.07, 6.45) is 1.77. The van der Waals surface area contributed by atoms with Gasteiger partial charge in [0.25, 0.3) is 0 Å². The number of aromatic nitrogens is 1. The molecule has 1 aliphatic rings. The van der Waals surface area contributed by atoms with Gasteiger partial charge in [-0.15, -0.1) is 0 Å². The van der Waals surface area contributed by atoms with E-state index in [-0.39, 0.29) is 12.1 Å². The molecule has 0 saturated carbocycles. The van der Waals surface area contributed by atoms with Crippen LogP contribution in [0.15, 0.2) is 93.4 Å². The number of thiocarbonyl (C=S) groups is 1. The Morgan fingerprint density at radius 3 is 2.57 bits per heavy atom. The van der Waals surface area contributed by atoms with Crippen LogP contribution in [0.3, 0.4) is 0 Å². The molecule has 6 nitrogen and oxygen atoms in total. The van der Waals surface area contributed by atoms with E-state index in [1.165, 1.54) is 11.8 Å². The molecule has 0 bridgehead atoms. The van der Waals surface area contributed by atoms with Gasteiger partial charge in [0.2, 0.25) is 0 Å². The maximum absolute atomic E-state index is 6.37. The van der Waals surface area contributed by atoms with Crippen molar-refractivity contribution >= 4 is 46.4 Å². The van der Waals surface area contributed by atoms with Crippen LogP contribution in [-0.2, 0) is 0 Å². The zero-order valence-electron chi connectivity index (χ0n) is 19.0. The summed E-state index contributed by atoms with van der Waals surface area (Å²) in [5.74, 6) is 2.11. The number of ether oxygens (including phenoxy) is 2. The van der Waals surface area contributed by atoms with E-state index in [1.54, 1.807) is 20.4 Å². The Bertz CT molecular complexity index is 1330. The van der Waals surface area contributed by atoms with Crippen molar-refractivity contribution in [1.29, 1.82) is 0 Å². The molecule has 0 spiro atoms. The minimum Gasteiger partial charge on any atom is -0.497 e. The fraction of sp³-hybridized carbons (Fsp3) is 0.154. The number of pyridine rings is 1. The first-order chi connectivity index (χ1) is 17.1. The molecule has 178 valence electrons. The molecular weight excluding hydrogens is 502 g/mol. The second-order valence-electron chi connectivity index (χ2n) is 7.75. The van der Waals surface area contributed by atoms with Crippen LogP contribution in [0.2, 0.25) is 5.02 Å². The average molecular weight is 524 g/mol. The quantitative estimate of drug-likeness (QED) is 0.269. The lowest BCUT2D eigenvalue weighted by atomic mass is 10.0. The molecule has 1 aliphatic heterocycles. The lowest BCUT2D eigenvalue weighted by Crippen LogP contribution is -2.29. The number of nitrogens with one attached hydrogen (secondary N) is 1. The van der Waals surface area contributed by atoms with Crippen LogP contribution < -0.4 is 19.7 Å². The molecule has 0 aliphatic carbocycles. The van der Waals surface area contributed by atoms with E-state index >= 15 is 0 Å². The minimum absolute atomic E-state index is 0.237. The van der Waals surface area contributed by atoms with Gasteiger partial charge in [-0.25, -0.2) is 0 Å². The zero-order chi connectivity index (χ0) is 24.4. The summed E-state index contributed by atoms with van der Waals surface area (Å²) in [4.78, 5) is 7.63. The largest absolute Gasteiger partial charge is 0.497 e. The highest BCUT2D eigenvalue weighted by Crippen LogP contribution is 2.46. The Balaban J connectivity index is 1.57. The predicted octanol–water partition coefficient (Wildman–Crippen LogP) is 6.67. The van der Waals surface area contributed by atoms with Crippen molar-refractivity contribution in [3.63, 3.8) is 0 Å². The Kier molecular flexibility index (Phi) is 6.86. The highest BCUT2D eigenvalue weighted by molar-refractivity contribution is 7.99. The van der Waals surface area contributed by atoms with Crippen LogP contribution in [0.25, 0.3) is 0 Å². The van der Waals surface area contributed by atoms with Crippen LogP contribution in [0.5, 0.6) is 11.5 Å². The number of furan rings is 1. The molecule has 5 rings (SSSR count). The van der Waals surface area contributed by atoms with Crippen LogP contribution in [-0.4, -0.2) is 24.3 Å². The Morgan fingerprint density at radius 2 is 1.86 bits per heavy atom. The number of benzene rings is 2. The van der Waals surface area contributed by atoms with E-state index in [9.17, 15) is 0 Å². The van der Waals surface area contributed by atoms with E-state index in [0.717, 1.165) is 27.1 Å².